The summed E-state index contributed by atoms with van der Waals surface area (Å²) in [5.74, 6) is -0.0729. The molecule has 0 aliphatic carbocycles. The van der Waals surface area contributed by atoms with E-state index in [1.54, 1.807) is 32.9 Å². The maximum Gasteiger partial charge on any atom is 0.408 e. The van der Waals surface area contributed by atoms with E-state index in [4.69, 9.17) is 21.2 Å². The van der Waals surface area contributed by atoms with Gasteiger partial charge in [-0.1, -0.05) is 23.7 Å². The molecule has 0 saturated carbocycles. The van der Waals surface area contributed by atoms with Gasteiger partial charge in [0, 0.05) is 21.9 Å². The van der Waals surface area contributed by atoms with Gasteiger partial charge in [0.1, 0.15) is 5.60 Å². The van der Waals surface area contributed by atoms with Crippen LogP contribution in [0.25, 0.3) is 0 Å². The second kappa shape index (κ2) is 10.0. The molecule has 0 spiro atoms. The lowest BCUT2D eigenvalue weighted by Crippen LogP contribution is -2.38. The number of alkyl carbamates (subject to hydrolysis) is 1. The number of hydrogen-bond donors (Lipinski definition) is 2. The van der Waals surface area contributed by atoms with E-state index >= 15 is 0 Å². The minimum atomic E-state index is -0.681. The monoisotopic (exact) mass is 507 g/mol. The van der Waals surface area contributed by atoms with Crippen molar-refractivity contribution in [1.29, 1.82) is 0 Å². The Morgan fingerprint density at radius 1 is 1.12 bits per heavy atom. The Labute approximate surface area is 208 Å². The van der Waals surface area contributed by atoms with Crippen LogP contribution in [0.5, 0.6) is 0 Å². The lowest BCUT2D eigenvalue weighted by atomic mass is 10.1. The van der Waals surface area contributed by atoms with Gasteiger partial charge in [-0.3, -0.25) is 14.4 Å². The number of benzene rings is 1. The molecule has 0 radical (unpaired) electrons. The fourth-order valence-electron chi connectivity index (χ4n) is 3.27. The molecule has 34 heavy (non-hydrogen) atoms. The van der Waals surface area contributed by atoms with Gasteiger partial charge < -0.3 is 14.6 Å². The number of halogens is 1. The second-order valence-corrected chi connectivity index (χ2v) is 11.5. The number of hydroxylamine groups is 1. The zero-order valence-corrected chi connectivity index (χ0v) is 21.7. The van der Waals surface area contributed by atoms with Crippen LogP contribution in [-0.2, 0) is 16.1 Å². The molecule has 0 fully saturated rings. The lowest BCUT2D eigenvalue weighted by Gasteiger charge is -2.22. The minimum Gasteiger partial charge on any atom is -0.444 e. The van der Waals surface area contributed by atoms with Crippen molar-refractivity contribution in [1.82, 2.24) is 15.4 Å². The summed E-state index contributed by atoms with van der Waals surface area (Å²) in [6.07, 6.45) is 0.903. The molecule has 1 aromatic carbocycles. The van der Waals surface area contributed by atoms with Gasteiger partial charge in [0.25, 0.3) is 11.5 Å². The van der Waals surface area contributed by atoms with Crippen LogP contribution in [-0.4, -0.2) is 33.5 Å². The van der Waals surface area contributed by atoms with E-state index in [2.05, 4.69) is 10.8 Å². The highest BCUT2D eigenvalue weighted by Gasteiger charge is 2.34. The summed E-state index contributed by atoms with van der Waals surface area (Å²) in [5, 5.41) is 3.36. The number of ether oxygens (including phenoxy) is 1. The number of amides is 2. The smallest absolute Gasteiger partial charge is 0.408 e. The van der Waals surface area contributed by atoms with Crippen molar-refractivity contribution in [3.63, 3.8) is 0 Å². The van der Waals surface area contributed by atoms with Crippen LogP contribution in [0.2, 0.25) is 5.02 Å². The predicted molar refractivity (Wildman–Crippen MR) is 132 cm³/mol. The van der Waals surface area contributed by atoms with Crippen molar-refractivity contribution < 1.29 is 19.2 Å². The first-order valence-corrected chi connectivity index (χ1v) is 12.2. The average Bonchev–Trinajstić information content (AvgIpc) is 3.11. The van der Waals surface area contributed by atoms with E-state index in [9.17, 15) is 14.4 Å². The summed E-state index contributed by atoms with van der Waals surface area (Å²) in [7, 11) is 0. The standard InChI is InChI=1S/C24H30ClN3O5S/c1-23(2,3)32-22(31)26-17-13-34-19-16(20(29)27-33-24(4,5)6)12-28(21(30)18(17)19)11-14-7-9-15(25)10-8-14/h7-10,12,17H,11,13H2,1-6H3,(H,26,31)(H,27,29)/t17-/m0/s1. The summed E-state index contributed by atoms with van der Waals surface area (Å²) in [5.41, 5.74) is 2.41. The second-order valence-electron chi connectivity index (χ2n) is 10.0. The number of carbonyl (C=O) groups is 2. The van der Waals surface area contributed by atoms with Gasteiger partial charge in [0.2, 0.25) is 0 Å². The van der Waals surface area contributed by atoms with Gasteiger partial charge in [-0.25, -0.2) is 10.3 Å². The van der Waals surface area contributed by atoms with E-state index in [1.165, 1.54) is 22.5 Å². The third-order valence-corrected chi connectivity index (χ3v) is 6.14. The summed E-state index contributed by atoms with van der Waals surface area (Å²) in [4.78, 5) is 44.9. The number of aromatic nitrogens is 1. The lowest BCUT2D eigenvalue weighted by molar-refractivity contribution is -0.0591. The molecule has 184 valence electrons. The normalized spacial score (nSPS) is 15.6. The topological polar surface area (TPSA) is 98.7 Å². The molecule has 0 saturated heterocycles. The Morgan fingerprint density at radius 3 is 2.35 bits per heavy atom. The van der Waals surface area contributed by atoms with Crippen LogP contribution in [0.3, 0.4) is 0 Å². The maximum atomic E-state index is 13.5. The first-order valence-electron chi connectivity index (χ1n) is 10.9. The van der Waals surface area contributed by atoms with Crippen LogP contribution in [0.1, 0.15) is 69.1 Å². The predicted octanol–water partition coefficient (Wildman–Crippen LogP) is 4.68. The highest BCUT2D eigenvalue weighted by atomic mass is 35.5. The summed E-state index contributed by atoms with van der Waals surface area (Å²) >= 11 is 7.32. The molecule has 3 rings (SSSR count). The molecule has 1 aliphatic heterocycles. The van der Waals surface area contributed by atoms with Gasteiger partial charge in [-0.2, -0.15) is 0 Å². The Hall–Kier alpha value is -2.49. The van der Waals surface area contributed by atoms with E-state index < -0.39 is 29.2 Å². The fraction of sp³-hybridized carbons (Fsp3) is 0.458. The molecule has 8 nitrogen and oxygen atoms in total. The molecular weight excluding hydrogens is 478 g/mol. The van der Waals surface area contributed by atoms with E-state index in [0.29, 0.717) is 26.8 Å². The molecular formula is C24H30ClN3O5S. The third kappa shape index (κ3) is 6.77. The number of hydrogen-bond acceptors (Lipinski definition) is 6. The highest BCUT2D eigenvalue weighted by molar-refractivity contribution is 7.99. The molecule has 1 atom stereocenters. The van der Waals surface area contributed by atoms with Crippen LogP contribution in [0, 0.1) is 0 Å². The van der Waals surface area contributed by atoms with Crippen molar-refractivity contribution in [2.24, 2.45) is 0 Å². The fourth-order valence-corrected chi connectivity index (χ4v) is 4.66. The largest absolute Gasteiger partial charge is 0.444 e. The van der Waals surface area contributed by atoms with Gasteiger partial charge in [0.15, 0.2) is 0 Å². The van der Waals surface area contributed by atoms with Crippen LogP contribution >= 0.6 is 23.4 Å². The zero-order chi connectivity index (χ0) is 25.3. The van der Waals surface area contributed by atoms with Crippen molar-refractivity contribution in [3.05, 3.63) is 62.5 Å². The average molecular weight is 508 g/mol. The van der Waals surface area contributed by atoms with E-state index in [-0.39, 0.29) is 12.1 Å². The van der Waals surface area contributed by atoms with Crippen molar-refractivity contribution >= 4 is 35.4 Å². The number of carbonyl (C=O) groups excluding carboxylic acids is 2. The van der Waals surface area contributed by atoms with Gasteiger partial charge in [-0.15, -0.1) is 11.8 Å². The van der Waals surface area contributed by atoms with Crippen molar-refractivity contribution in [2.45, 2.75) is 70.2 Å². The number of thioether (sulfide) groups is 1. The molecule has 0 bridgehead atoms. The first kappa shape index (κ1) is 26.1. The number of nitrogens with zero attached hydrogens (tertiary/aromatic N) is 1. The Bertz CT molecular complexity index is 1130. The Balaban J connectivity index is 2.00. The molecule has 2 heterocycles. The Morgan fingerprint density at radius 2 is 1.76 bits per heavy atom. The molecule has 1 aliphatic rings. The molecule has 2 amide bonds. The molecule has 1 aromatic heterocycles. The van der Waals surface area contributed by atoms with Gasteiger partial charge in [0.05, 0.1) is 29.3 Å². The summed E-state index contributed by atoms with van der Waals surface area (Å²) in [6.45, 7) is 11.0. The zero-order valence-electron chi connectivity index (χ0n) is 20.2. The summed E-state index contributed by atoms with van der Waals surface area (Å²) in [6, 6.07) is 6.51. The maximum absolute atomic E-state index is 13.5. The number of rotatable bonds is 5. The van der Waals surface area contributed by atoms with E-state index in [0.717, 1.165) is 5.56 Å². The molecule has 2 N–H and O–H groups in total. The Kier molecular flexibility index (Phi) is 7.69. The van der Waals surface area contributed by atoms with Crippen molar-refractivity contribution in [3.8, 4) is 0 Å². The van der Waals surface area contributed by atoms with Gasteiger partial charge >= 0.3 is 6.09 Å². The minimum absolute atomic E-state index is 0.230. The highest BCUT2D eigenvalue weighted by Crippen LogP contribution is 2.38. The van der Waals surface area contributed by atoms with Crippen molar-refractivity contribution in [2.75, 3.05) is 5.75 Å². The number of pyridine rings is 1. The van der Waals surface area contributed by atoms with Crippen LogP contribution < -0.4 is 16.4 Å². The van der Waals surface area contributed by atoms with Gasteiger partial charge in [-0.05, 0) is 59.2 Å². The number of fused-ring (bicyclic) bond motifs is 1. The third-order valence-electron chi connectivity index (χ3n) is 4.66. The first-order chi connectivity index (χ1) is 15.7. The molecule has 2 aromatic rings. The van der Waals surface area contributed by atoms with Crippen LogP contribution in [0.15, 0.2) is 40.2 Å². The van der Waals surface area contributed by atoms with E-state index in [1.807, 2.05) is 32.9 Å². The quantitative estimate of drug-likeness (QED) is 0.570. The molecule has 0 unspecified atom stereocenters. The number of nitrogens with one attached hydrogen (secondary N) is 2. The molecule has 10 heteroatoms. The summed E-state index contributed by atoms with van der Waals surface area (Å²) < 4.78 is 6.83. The van der Waals surface area contributed by atoms with Crippen LogP contribution in [0.4, 0.5) is 4.79 Å². The SMILES string of the molecule is CC(C)(C)ONC(=O)c1cn(Cc2ccc(Cl)cc2)c(=O)c2c1SC[C@@H]2NC(=O)OC(C)(C)C.